The van der Waals surface area contributed by atoms with Crippen LogP contribution in [0.25, 0.3) is 0 Å². The smallest absolute Gasteiger partial charge is 0.131 e. The normalized spacial score (nSPS) is 20.2. The molecule has 0 spiro atoms. The van der Waals surface area contributed by atoms with Crippen molar-refractivity contribution in [2.45, 2.75) is 52.8 Å². The Morgan fingerprint density at radius 1 is 1.15 bits per heavy atom. The fraction of sp³-hybridized carbons (Fsp3) is 0.588. The van der Waals surface area contributed by atoms with Crippen LogP contribution in [0.1, 0.15) is 40.2 Å². The van der Waals surface area contributed by atoms with Gasteiger partial charge in [-0.2, -0.15) is 0 Å². The van der Waals surface area contributed by atoms with E-state index in [1.807, 2.05) is 32.0 Å². The minimum atomic E-state index is -0.894. The van der Waals surface area contributed by atoms with Crippen LogP contribution in [0.2, 0.25) is 0 Å². The molecule has 1 aromatic rings. The SMILES string of the molecule is CC(C)(O)C1=N[C@@H](C(C)(C)C)CN1Cc1ccccc1. The van der Waals surface area contributed by atoms with Gasteiger partial charge >= 0.3 is 0 Å². The lowest BCUT2D eigenvalue weighted by atomic mass is 9.87. The highest BCUT2D eigenvalue weighted by Crippen LogP contribution is 2.30. The molecule has 0 aromatic heterocycles. The molecule has 1 N–H and O–H groups in total. The second-order valence-electron chi connectivity index (χ2n) is 7.26. The number of hydrogen-bond acceptors (Lipinski definition) is 3. The summed E-state index contributed by atoms with van der Waals surface area (Å²) in [5.74, 6) is 0.807. The topological polar surface area (TPSA) is 35.8 Å². The monoisotopic (exact) mass is 274 g/mol. The maximum absolute atomic E-state index is 10.4. The molecular weight excluding hydrogens is 248 g/mol. The highest BCUT2D eigenvalue weighted by Gasteiger charge is 2.38. The van der Waals surface area contributed by atoms with Crippen molar-refractivity contribution in [2.75, 3.05) is 6.54 Å². The van der Waals surface area contributed by atoms with E-state index in [-0.39, 0.29) is 11.5 Å². The van der Waals surface area contributed by atoms with E-state index < -0.39 is 5.60 Å². The lowest BCUT2D eigenvalue weighted by molar-refractivity contribution is 0.138. The third kappa shape index (κ3) is 3.40. The molecule has 0 aliphatic carbocycles. The molecule has 0 fully saturated rings. The van der Waals surface area contributed by atoms with Gasteiger partial charge in [0.2, 0.25) is 0 Å². The highest BCUT2D eigenvalue weighted by molar-refractivity contribution is 5.91. The Morgan fingerprint density at radius 3 is 2.25 bits per heavy atom. The maximum atomic E-state index is 10.4. The lowest BCUT2D eigenvalue weighted by Gasteiger charge is -2.29. The van der Waals surface area contributed by atoms with Crippen molar-refractivity contribution < 1.29 is 5.11 Å². The number of amidine groups is 1. The van der Waals surface area contributed by atoms with E-state index in [2.05, 4.69) is 37.8 Å². The van der Waals surface area contributed by atoms with Crippen molar-refractivity contribution in [2.24, 2.45) is 10.4 Å². The van der Waals surface area contributed by atoms with Gasteiger partial charge in [-0.05, 0) is 24.8 Å². The number of aliphatic imine (C=N–C) groups is 1. The Balaban J connectivity index is 2.22. The molecule has 0 unspecified atom stereocenters. The fourth-order valence-electron chi connectivity index (χ4n) is 2.52. The molecule has 3 nitrogen and oxygen atoms in total. The molecule has 1 atom stereocenters. The van der Waals surface area contributed by atoms with Crippen LogP contribution in [0.4, 0.5) is 0 Å². The zero-order chi connectivity index (χ0) is 15.0. The third-order valence-corrected chi connectivity index (χ3v) is 3.73. The minimum absolute atomic E-state index is 0.113. The van der Waals surface area contributed by atoms with Gasteiger partial charge in [0.15, 0.2) is 0 Å². The highest BCUT2D eigenvalue weighted by atomic mass is 16.3. The van der Waals surface area contributed by atoms with Crippen LogP contribution in [-0.4, -0.2) is 34.0 Å². The molecule has 1 aliphatic rings. The van der Waals surface area contributed by atoms with Gasteiger partial charge < -0.3 is 10.0 Å². The molecule has 1 heterocycles. The van der Waals surface area contributed by atoms with Gasteiger partial charge in [-0.1, -0.05) is 51.1 Å². The standard InChI is InChI=1S/C17H26N2O/c1-16(2,3)14-12-19(15(18-14)17(4,5)20)11-13-9-7-6-8-10-13/h6-10,14,20H,11-12H2,1-5H3/t14-/m1/s1. The predicted molar refractivity (Wildman–Crippen MR) is 83.8 cm³/mol. The predicted octanol–water partition coefficient (Wildman–Crippen LogP) is 3.09. The van der Waals surface area contributed by atoms with Crippen LogP contribution in [0.15, 0.2) is 35.3 Å². The Hall–Kier alpha value is -1.35. The van der Waals surface area contributed by atoms with E-state index in [4.69, 9.17) is 4.99 Å². The Bertz CT molecular complexity index is 480. The van der Waals surface area contributed by atoms with Gasteiger partial charge in [-0.15, -0.1) is 0 Å². The summed E-state index contributed by atoms with van der Waals surface area (Å²) in [6.45, 7) is 11.9. The van der Waals surface area contributed by atoms with Gasteiger partial charge in [-0.3, -0.25) is 4.99 Å². The van der Waals surface area contributed by atoms with Crippen LogP contribution in [-0.2, 0) is 6.54 Å². The molecule has 20 heavy (non-hydrogen) atoms. The number of nitrogens with zero attached hydrogens (tertiary/aromatic N) is 2. The molecule has 1 aromatic carbocycles. The van der Waals surface area contributed by atoms with Crippen molar-refractivity contribution >= 4 is 5.84 Å². The Kier molecular flexibility index (Phi) is 3.92. The molecule has 0 saturated heterocycles. The number of rotatable bonds is 3. The van der Waals surface area contributed by atoms with E-state index in [1.165, 1.54) is 5.56 Å². The molecule has 3 heteroatoms. The van der Waals surface area contributed by atoms with Crippen LogP contribution in [0.5, 0.6) is 0 Å². The van der Waals surface area contributed by atoms with E-state index in [1.54, 1.807) is 0 Å². The molecule has 110 valence electrons. The van der Waals surface area contributed by atoms with Gasteiger partial charge in [0, 0.05) is 13.1 Å². The van der Waals surface area contributed by atoms with Crippen molar-refractivity contribution in [1.29, 1.82) is 0 Å². The Morgan fingerprint density at radius 2 is 1.75 bits per heavy atom. The summed E-state index contributed by atoms with van der Waals surface area (Å²) < 4.78 is 0. The summed E-state index contributed by atoms with van der Waals surface area (Å²) in [6, 6.07) is 10.6. The van der Waals surface area contributed by atoms with E-state index in [9.17, 15) is 5.11 Å². The van der Waals surface area contributed by atoms with Crippen LogP contribution in [0.3, 0.4) is 0 Å². The summed E-state index contributed by atoms with van der Waals surface area (Å²) in [5, 5.41) is 10.4. The molecular formula is C17H26N2O. The summed E-state index contributed by atoms with van der Waals surface area (Å²) in [4.78, 5) is 7.01. The Labute approximate surface area is 122 Å². The van der Waals surface area contributed by atoms with Crippen LogP contribution < -0.4 is 0 Å². The molecule has 0 bridgehead atoms. The average Bonchev–Trinajstić information content (AvgIpc) is 2.74. The first-order valence-electron chi connectivity index (χ1n) is 7.27. The average molecular weight is 274 g/mol. The third-order valence-electron chi connectivity index (χ3n) is 3.73. The quantitative estimate of drug-likeness (QED) is 0.919. The van der Waals surface area contributed by atoms with E-state index >= 15 is 0 Å². The summed E-state index contributed by atoms with van der Waals surface area (Å²) >= 11 is 0. The summed E-state index contributed by atoms with van der Waals surface area (Å²) in [7, 11) is 0. The number of hydrogen-bond donors (Lipinski definition) is 1. The zero-order valence-corrected chi connectivity index (χ0v) is 13.2. The minimum Gasteiger partial charge on any atom is -0.383 e. The van der Waals surface area contributed by atoms with E-state index in [0.29, 0.717) is 0 Å². The molecule has 0 saturated carbocycles. The van der Waals surface area contributed by atoms with Gasteiger partial charge in [-0.25, -0.2) is 0 Å². The van der Waals surface area contributed by atoms with Gasteiger partial charge in [0.05, 0.1) is 6.04 Å². The first kappa shape index (κ1) is 15.0. The second kappa shape index (κ2) is 5.21. The number of benzene rings is 1. The zero-order valence-electron chi connectivity index (χ0n) is 13.2. The van der Waals surface area contributed by atoms with Crippen molar-refractivity contribution in [3.05, 3.63) is 35.9 Å². The second-order valence-corrected chi connectivity index (χ2v) is 7.26. The maximum Gasteiger partial charge on any atom is 0.131 e. The van der Waals surface area contributed by atoms with Crippen molar-refractivity contribution in [1.82, 2.24) is 4.90 Å². The molecule has 0 amide bonds. The molecule has 2 rings (SSSR count). The van der Waals surface area contributed by atoms with Crippen molar-refractivity contribution in [3.8, 4) is 0 Å². The van der Waals surface area contributed by atoms with Gasteiger partial charge in [0.25, 0.3) is 0 Å². The summed E-state index contributed by atoms with van der Waals surface area (Å²) in [5.41, 5.74) is 0.468. The molecule has 1 aliphatic heterocycles. The fourth-order valence-corrected chi connectivity index (χ4v) is 2.52. The molecule has 0 radical (unpaired) electrons. The first-order valence-corrected chi connectivity index (χ1v) is 7.27. The lowest BCUT2D eigenvalue weighted by Crippen LogP contribution is -2.43. The first-order chi connectivity index (χ1) is 9.18. The number of aliphatic hydroxyl groups is 1. The van der Waals surface area contributed by atoms with Crippen LogP contribution >= 0.6 is 0 Å². The summed E-state index contributed by atoms with van der Waals surface area (Å²) in [6.07, 6.45) is 0. The largest absolute Gasteiger partial charge is 0.383 e. The van der Waals surface area contributed by atoms with Gasteiger partial charge in [0.1, 0.15) is 11.4 Å². The van der Waals surface area contributed by atoms with Crippen molar-refractivity contribution in [3.63, 3.8) is 0 Å². The van der Waals surface area contributed by atoms with E-state index in [0.717, 1.165) is 18.9 Å². The van der Waals surface area contributed by atoms with Crippen LogP contribution in [0, 0.1) is 5.41 Å².